The van der Waals surface area contributed by atoms with Gasteiger partial charge in [0.05, 0.1) is 7.11 Å². The Morgan fingerprint density at radius 2 is 2.10 bits per heavy atom. The molecular formula is C7H13NO2. The summed E-state index contributed by atoms with van der Waals surface area (Å²) in [6.07, 6.45) is 2.92. The van der Waals surface area contributed by atoms with E-state index in [4.69, 9.17) is 5.73 Å². The Hall–Kier alpha value is -0.830. The van der Waals surface area contributed by atoms with E-state index in [0.29, 0.717) is 0 Å². The van der Waals surface area contributed by atoms with Gasteiger partial charge in [-0.2, -0.15) is 0 Å². The summed E-state index contributed by atoms with van der Waals surface area (Å²) < 4.78 is 4.36. The fraction of sp³-hybridized carbons (Fsp3) is 0.571. The van der Waals surface area contributed by atoms with Crippen molar-refractivity contribution in [2.75, 3.05) is 7.11 Å². The van der Waals surface area contributed by atoms with Crippen molar-refractivity contribution in [1.82, 2.24) is 0 Å². The first-order valence-electron chi connectivity index (χ1n) is 3.02. The van der Waals surface area contributed by atoms with Crippen LogP contribution in [0.5, 0.6) is 0 Å². The molecule has 0 radical (unpaired) electrons. The minimum absolute atomic E-state index is 0.376. The van der Waals surface area contributed by atoms with Crippen molar-refractivity contribution in [3.63, 3.8) is 0 Å². The maximum absolute atomic E-state index is 10.5. The van der Waals surface area contributed by atoms with E-state index >= 15 is 0 Å². The van der Waals surface area contributed by atoms with Crippen LogP contribution in [-0.2, 0) is 9.53 Å². The van der Waals surface area contributed by atoms with E-state index in [2.05, 4.69) is 4.74 Å². The Morgan fingerprint density at radius 3 is 2.40 bits per heavy atom. The van der Waals surface area contributed by atoms with Crippen LogP contribution in [0.4, 0.5) is 0 Å². The van der Waals surface area contributed by atoms with Gasteiger partial charge >= 0.3 is 5.97 Å². The summed E-state index contributed by atoms with van der Waals surface area (Å²) in [7, 11) is 1.33. The highest BCUT2D eigenvalue weighted by molar-refractivity contribution is 5.81. The number of ether oxygens (including phenoxy) is 1. The maximum Gasteiger partial charge on any atom is 0.330 e. The molecule has 0 aromatic heterocycles. The van der Waals surface area contributed by atoms with Crippen molar-refractivity contribution < 1.29 is 9.53 Å². The summed E-state index contributed by atoms with van der Waals surface area (Å²) >= 11 is 0. The number of esters is 1. The van der Waals surface area contributed by atoms with E-state index in [0.717, 1.165) is 0 Å². The van der Waals surface area contributed by atoms with Gasteiger partial charge in [0, 0.05) is 11.6 Å². The SMILES string of the molecule is COC(=O)C=CC(C)(C)N. The Kier molecular flexibility index (Phi) is 3.09. The number of carbonyl (C=O) groups is 1. The first-order chi connectivity index (χ1) is 4.45. The summed E-state index contributed by atoms with van der Waals surface area (Å²) in [6.45, 7) is 3.60. The van der Waals surface area contributed by atoms with Gasteiger partial charge in [0.15, 0.2) is 0 Å². The van der Waals surface area contributed by atoms with E-state index in [-0.39, 0.29) is 5.97 Å². The molecule has 0 atom stereocenters. The van der Waals surface area contributed by atoms with Crippen LogP contribution in [0.15, 0.2) is 12.2 Å². The average molecular weight is 143 g/mol. The molecule has 10 heavy (non-hydrogen) atoms. The molecule has 2 N–H and O–H groups in total. The summed E-state index contributed by atoms with van der Waals surface area (Å²) in [5, 5.41) is 0. The number of carbonyl (C=O) groups excluding carboxylic acids is 1. The average Bonchev–Trinajstić information content (AvgIpc) is 1.81. The lowest BCUT2D eigenvalue weighted by Gasteiger charge is -2.10. The van der Waals surface area contributed by atoms with Gasteiger partial charge in [-0.25, -0.2) is 4.79 Å². The van der Waals surface area contributed by atoms with Crippen LogP contribution in [0.3, 0.4) is 0 Å². The van der Waals surface area contributed by atoms with Gasteiger partial charge in [0.1, 0.15) is 0 Å². The predicted molar refractivity (Wildman–Crippen MR) is 39.4 cm³/mol. The fourth-order valence-corrected chi connectivity index (χ4v) is 0.351. The lowest BCUT2D eigenvalue weighted by atomic mass is 10.1. The third kappa shape index (κ3) is 5.31. The Labute approximate surface area is 60.9 Å². The molecule has 0 aliphatic heterocycles. The molecule has 0 saturated heterocycles. The molecule has 0 amide bonds. The Morgan fingerprint density at radius 1 is 1.60 bits per heavy atom. The molecule has 0 aliphatic carbocycles. The van der Waals surface area contributed by atoms with Crippen molar-refractivity contribution in [3.05, 3.63) is 12.2 Å². The van der Waals surface area contributed by atoms with E-state index in [1.165, 1.54) is 13.2 Å². The lowest BCUT2D eigenvalue weighted by molar-refractivity contribution is -0.134. The van der Waals surface area contributed by atoms with Gasteiger partial charge < -0.3 is 10.5 Å². The standard InChI is InChI=1S/C7H13NO2/c1-7(2,8)5-4-6(9)10-3/h4-5H,8H2,1-3H3. The molecule has 0 spiro atoms. The Bertz CT molecular complexity index is 144. The molecule has 0 aromatic rings. The van der Waals surface area contributed by atoms with Crippen molar-refractivity contribution in [2.24, 2.45) is 5.73 Å². The molecule has 0 rings (SSSR count). The molecule has 0 heterocycles. The van der Waals surface area contributed by atoms with Gasteiger partial charge in [-0.05, 0) is 13.8 Å². The summed E-state index contributed by atoms with van der Waals surface area (Å²) in [5.41, 5.74) is 5.09. The first-order valence-corrected chi connectivity index (χ1v) is 3.02. The molecule has 0 aromatic carbocycles. The van der Waals surface area contributed by atoms with E-state index in [1.807, 2.05) is 0 Å². The minimum Gasteiger partial charge on any atom is -0.466 e. The molecule has 0 aliphatic rings. The van der Waals surface area contributed by atoms with Crippen LogP contribution < -0.4 is 5.73 Å². The van der Waals surface area contributed by atoms with Crippen molar-refractivity contribution in [2.45, 2.75) is 19.4 Å². The zero-order chi connectivity index (χ0) is 8.20. The maximum atomic E-state index is 10.5. The second-order valence-corrected chi connectivity index (χ2v) is 2.68. The first kappa shape index (κ1) is 9.17. The molecule has 0 bridgehead atoms. The third-order valence-corrected chi connectivity index (χ3v) is 0.850. The largest absolute Gasteiger partial charge is 0.466 e. The van der Waals surface area contributed by atoms with Crippen LogP contribution in [0, 0.1) is 0 Å². The molecular weight excluding hydrogens is 130 g/mol. The molecule has 0 saturated carbocycles. The summed E-state index contributed by atoms with van der Waals surface area (Å²) in [4.78, 5) is 10.5. The van der Waals surface area contributed by atoms with Gasteiger partial charge in [-0.3, -0.25) is 0 Å². The van der Waals surface area contributed by atoms with Crippen molar-refractivity contribution in [1.29, 1.82) is 0 Å². The monoisotopic (exact) mass is 143 g/mol. The van der Waals surface area contributed by atoms with Crippen LogP contribution in [0.1, 0.15) is 13.8 Å². The number of hydrogen-bond acceptors (Lipinski definition) is 3. The van der Waals surface area contributed by atoms with Crippen LogP contribution >= 0.6 is 0 Å². The van der Waals surface area contributed by atoms with E-state index < -0.39 is 5.54 Å². The van der Waals surface area contributed by atoms with Crippen molar-refractivity contribution >= 4 is 5.97 Å². The second-order valence-electron chi connectivity index (χ2n) is 2.68. The number of nitrogens with two attached hydrogens (primary N) is 1. The highest BCUT2D eigenvalue weighted by Gasteiger charge is 2.04. The number of methoxy groups -OCH3 is 1. The van der Waals surface area contributed by atoms with E-state index in [9.17, 15) is 4.79 Å². The highest BCUT2D eigenvalue weighted by Crippen LogP contribution is 1.97. The van der Waals surface area contributed by atoms with Gasteiger partial charge in [0.25, 0.3) is 0 Å². The molecule has 0 fully saturated rings. The van der Waals surface area contributed by atoms with Crippen LogP contribution in [0.25, 0.3) is 0 Å². The predicted octanol–water partition coefficient (Wildman–Crippen LogP) is 0.453. The highest BCUT2D eigenvalue weighted by atomic mass is 16.5. The topological polar surface area (TPSA) is 52.3 Å². The normalized spacial score (nSPS) is 12.0. The van der Waals surface area contributed by atoms with Crippen LogP contribution in [-0.4, -0.2) is 18.6 Å². The zero-order valence-electron chi connectivity index (χ0n) is 6.55. The minimum atomic E-state index is -0.450. The zero-order valence-corrected chi connectivity index (χ0v) is 6.55. The van der Waals surface area contributed by atoms with E-state index in [1.54, 1.807) is 19.9 Å². The van der Waals surface area contributed by atoms with Crippen molar-refractivity contribution in [3.8, 4) is 0 Å². The van der Waals surface area contributed by atoms with Gasteiger partial charge in [-0.15, -0.1) is 0 Å². The van der Waals surface area contributed by atoms with Gasteiger partial charge in [-0.1, -0.05) is 6.08 Å². The van der Waals surface area contributed by atoms with Crippen LogP contribution in [0.2, 0.25) is 0 Å². The second kappa shape index (κ2) is 3.37. The molecule has 3 nitrogen and oxygen atoms in total. The number of hydrogen-bond donors (Lipinski definition) is 1. The molecule has 3 heteroatoms. The summed E-state index contributed by atoms with van der Waals surface area (Å²) in [6, 6.07) is 0. The van der Waals surface area contributed by atoms with Gasteiger partial charge in [0.2, 0.25) is 0 Å². The summed E-state index contributed by atoms with van der Waals surface area (Å²) in [5.74, 6) is -0.376. The molecule has 0 unspecified atom stereocenters. The fourth-order valence-electron chi connectivity index (χ4n) is 0.351. The third-order valence-electron chi connectivity index (χ3n) is 0.850. The Balaban J connectivity index is 3.88. The smallest absolute Gasteiger partial charge is 0.330 e. The molecule has 58 valence electrons. The number of rotatable bonds is 2. The quantitative estimate of drug-likeness (QED) is 0.451. The lowest BCUT2D eigenvalue weighted by Crippen LogP contribution is -2.29.